The summed E-state index contributed by atoms with van der Waals surface area (Å²) in [6.07, 6.45) is 12.8. The van der Waals surface area contributed by atoms with Gasteiger partial charge in [-0.05, 0) is 54.1 Å². The minimum absolute atomic E-state index is 0.258. The van der Waals surface area contributed by atoms with Crippen LogP contribution < -0.4 is 10.6 Å². The zero-order valence-electron chi connectivity index (χ0n) is 19.3. The molecule has 1 aliphatic carbocycles. The van der Waals surface area contributed by atoms with Gasteiger partial charge < -0.3 is 10.6 Å². The van der Waals surface area contributed by atoms with Crippen LogP contribution in [0.3, 0.4) is 0 Å². The van der Waals surface area contributed by atoms with Crippen LogP contribution in [0.4, 0.5) is 11.6 Å². The van der Waals surface area contributed by atoms with E-state index in [4.69, 9.17) is 11.6 Å². The van der Waals surface area contributed by atoms with Crippen molar-refractivity contribution in [3.8, 4) is 11.3 Å². The van der Waals surface area contributed by atoms with Gasteiger partial charge in [0.25, 0.3) is 0 Å². The highest BCUT2D eigenvalue weighted by Crippen LogP contribution is 2.54. The molecule has 2 N–H and O–H groups in total. The van der Waals surface area contributed by atoms with Gasteiger partial charge in [-0.3, -0.25) is 19.4 Å². The Labute approximate surface area is 203 Å². The molecule has 2 aliphatic rings. The van der Waals surface area contributed by atoms with Crippen molar-refractivity contribution in [2.75, 3.05) is 11.9 Å². The lowest BCUT2D eigenvalue weighted by molar-refractivity contribution is -0.115. The smallest absolute Gasteiger partial charge is 0.231 e. The lowest BCUT2D eigenvalue weighted by atomic mass is 9.94. The maximum absolute atomic E-state index is 11.8. The quantitative estimate of drug-likeness (QED) is 0.483. The first kappa shape index (κ1) is 22.3. The molecule has 3 aromatic rings. The molecule has 1 fully saturated rings. The summed E-state index contributed by atoms with van der Waals surface area (Å²) >= 11 is 5.82. The Morgan fingerprint density at radius 1 is 1.18 bits per heavy atom. The predicted molar refractivity (Wildman–Crippen MR) is 132 cm³/mol. The topological polar surface area (TPSA) is 97.6 Å². The summed E-state index contributed by atoms with van der Waals surface area (Å²) in [7, 11) is 1.87. The van der Waals surface area contributed by atoms with Gasteiger partial charge in [-0.1, -0.05) is 19.9 Å². The van der Waals surface area contributed by atoms with E-state index in [1.54, 1.807) is 23.3 Å². The highest BCUT2D eigenvalue weighted by Gasteiger charge is 2.51. The SMILES string of the molecule is CC(C)c1cncc(Nc2c(-c3ccc(C4=CC=C(C5(C(=O)Cl)CC5)CN4)cn3)cnn2C)n1. The van der Waals surface area contributed by atoms with Crippen molar-refractivity contribution in [3.63, 3.8) is 0 Å². The average molecular weight is 476 g/mol. The van der Waals surface area contributed by atoms with E-state index in [0.29, 0.717) is 12.4 Å². The van der Waals surface area contributed by atoms with Gasteiger partial charge in [0.05, 0.1) is 34.8 Å². The van der Waals surface area contributed by atoms with Gasteiger partial charge >= 0.3 is 0 Å². The molecule has 174 valence electrons. The maximum atomic E-state index is 11.8. The monoisotopic (exact) mass is 475 g/mol. The summed E-state index contributed by atoms with van der Waals surface area (Å²) in [5.74, 6) is 1.74. The Bertz CT molecular complexity index is 1300. The molecule has 4 heterocycles. The van der Waals surface area contributed by atoms with Gasteiger partial charge in [0.15, 0.2) is 0 Å². The lowest BCUT2D eigenvalue weighted by Crippen LogP contribution is -2.26. The number of halogens is 1. The van der Waals surface area contributed by atoms with E-state index < -0.39 is 5.41 Å². The molecule has 0 saturated heterocycles. The third kappa shape index (κ3) is 4.09. The highest BCUT2D eigenvalue weighted by molar-refractivity contribution is 6.65. The Hall–Kier alpha value is -3.52. The molecular formula is C25H26ClN7O. The maximum Gasteiger partial charge on any atom is 0.231 e. The number of aromatic nitrogens is 5. The number of hydrogen-bond donors (Lipinski definition) is 2. The zero-order chi connectivity index (χ0) is 23.9. The van der Waals surface area contributed by atoms with Gasteiger partial charge in [-0.2, -0.15) is 5.10 Å². The number of nitrogens with zero attached hydrogens (tertiary/aromatic N) is 5. The van der Waals surface area contributed by atoms with E-state index in [9.17, 15) is 4.79 Å². The molecule has 0 unspecified atom stereocenters. The molecule has 8 nitrogen and oxygen atoms in total. The van der Waals surface area contributed by atoms with Crippen molar-refractivity contribution in [2.45, 2.75) is 32.6 Å². The number of dihydropyridines is 1. The van der Waals surface area contributed by atoms with Crippen LogP contribution in [0.5, 0.6) is 0 Å². The molecule has 5 rings (SSSR count). The summed E-state index contributed by atoms with van der Waals surface area (Å²) in [6.45, 7) is 4.78. The van der Waals surface area contributed by atoms with Crippen molar-refractivity contribution in [2.24, 2.45) is 12.5 Å². The van der Waals surface area contributed by atoms with Crippen molar-refractivity contribution < 1.29 is 4.79 Å². The molecule has 34 heavy (non-hydrogen) atoms. The third-order valence-electron chi connectivity index (χ3n) is 6.44. The van der Waals surface area contributed by atoms with Crippen molar-refractivity contribution >= 4 is 34.2 Å². The fraction of sp³-hybridized carbons (Fsp3) is 0.320. The standard InChI is InChI=1S/C25H26ClN7O/c1-15(2)21-13-27-14-22(31-21)32-23-18(12-30-33(23)3)20-6-4-16(10-28-20)19-7-5-17(11-29-19)25(8-9-25)24(26)34/h4-7,10,12-15,29H,8-9,11H2,1-3H3,(H,31,32). The number of rotatable bonds is 7. The van der Waals surface area contributed by atoms with E-state index in [0.717, 1.165) is 52.4 Å². The molecule has 1 aliphatic heterocycles. The molecule has 0 spiro atoms. The third-order valence-corrected chi connectivity index (χ3v) is 6.80. The molecule has 0 bridgehead atoms. The van der Waals surface area contributed by atoms with E-state index in [1.165, 1.54) is 0 Å². The largest absolute Gasteiger partial charge is 0.381 e. The first-order valence-corrected chi connectivity index (χ1v) is 11.7. The Morgan fingerprint density at radius 3 is 2.62 bits per heavy atom. The second-order valence-corrected chi connectivity index (χ2v) is 9.40. The molecule has 0 amide bonds. The number of pyridine rings is 1. The van der Waals surface area contributed by atoms with Crippen LogP contribution in [0.1, 0.15) is 43.9 Å². The van der Waals surface area contributed by atoms with Gasteiger partial charge in [0.2, 0.25) is 5.24 Å². The minimum atomic E-state index is -0.457. The van der Waals surface area contributed by atoms with Gasteiger partial charge in [-0.25, -0.2) is 4.98 Å². The number of aryl methyl sites for hydroxylation is 1. The average Bonchev–Trinajstić information content (AvgIpc) is 3.59. The normalized spacial score (nSPS) is 16.5. The van der Waals surface area contributed by atoms with Crippen LogP contribution >= 0.6 is 11.6 Å². The van der Waals surface area contributed by atoms with E-state index in [1.807, 2.05) is 37.5 Å². The number of carbonyl (C=O) groups is 1. The predicted octanol–water partition coefficient (Wildman–Crippen LogP) is 4.56. The number of hydrogen-bond acceptors (Lipinski definition) is 7. The summed E-state index contributed by atoms with van der Waals surface area (Å²) in [5, 5.41) is 10.9. The second kappa shape index (κ2) is 8.68. The van der Waals surface area contributed by atoms with Gasteiger partial charge in [-0.15, -0.1) is 0 Å². The summed E-state index contributed by atoms with van der Waals surface area (Å²) < 4.78 is 1.76. The second-order valence-electron chi connectivity index (χ2n) is 9.05. The van der Waals surface area contributed by atoms with E-state index >= 15 is 0 Å². The number of allylic oxidation sites excluding steroid dienone is 2. The van der Waals surface area contributed by atoms with Crippen LogP contribution in [0.15, 0.2) is 54.6 Å². The first-order valence-electron chi connectivity index (χ1n) is 11.3. The van der Waals surface area contributed by atoms with E-state index in [2.05, 4.69) is 44.5 Å². The Morgan fingerprint density at radius 2 is 2.00 bits per heavy atom. The number of carbonyl (C=O) groups excluding carboxylic acids is 1. The summed E-state index contributed by atoms with van der Waals surface area (Å²) in [5.41, 5.74) is 5.11. The molecule has 0 atom stereocenters. The molecule has 0 aromatic carbocycles. The van der Waals surface area contributed by atoms with Crippen molar-refractivity contribution in [1.29, 1.82) is 0 Å². The fourth-order valence-corrected chi connectivity index (χ4v) is 4.42. The zero-order valence-corrected chi connectivity index (χ0v) is 20.1. The first-order chi connectivity index (χ1) is 16.4. The van der Waals surface area contributed by atoms with Gasteiger partial charge in [0, 0.05) is 37.2 Å². The molecule has 3 aromatic heterocycles. The molecular weight excluding hydrogens is 450 g/mol. The van der Waals surface area contributed by atoms with Gasteiger partial charge in [0.1, 0.15) is 11.6 Å². The minimum Gasteiger partial charge on any atom is -0.381 e. The number of nitrogens with one attached hydrogen (secondary N) is 2. The van der Waals surface area contributed by atoms with Crippen LogP contribution in [0, 0.1) is 5.41 Å². The van der Waals surface area contributed by atoms with Crippen molar-refractivity contribution in [1.82, 2.24) is 30.0 Å². The van der Waals surface area contributed by atoms with Crippen LogP contribution in [-0.2, 0) is 11.8 Å². The van der Waals surface area contributed by atoms with Crippen molar-refractivity contribution in [3.05, 3.63) is 65.9 Å². The van der Waals surface area contributed by atoms with E-state index in [-0.39, 0.29) is 11.2 Å². The summed E-state index contributed by atoms with van der Waals surface area (Å²) in [4.78, 5) is 25.4. The Kier molecular flexibility index (Phi) is 5.69. The molecule has 9 heteroatoms. The Balaban J connectivity index is 1.37. The number of anilines is 2. The molecule has 1 saturated carbocycles. The highest BCUT2D eigenvalue weighted by atomic mass is 35.5. The molecule has 0 radical (unpaired) electrons. The van der Waals surface area contributed by atoms with Crippen LogP contribution in [-0.4, -0.2) is 36.5 Å². The van der Waals surface area contributed by atoms with Crippen LogP contribution in [0.25, 0.3) is 17.0 Å². The fourth-order valence-electron chi connectivity index (χ4n) is 4.11. The van der Waals surface area contributed by atoms with Crippen LogP contribution in [0.2, 0.25) is 0 Å². The lowest BCUT2D eigenvalue weighted by Gasteiger charge is -2.22. The summed E-state index contributed by atoms with van der Waals surface area (Å²) in [6, 6.07) is 4.00.